The van der Waals surface area contributed by atoms with Crippen LogP contribution in [0.2, 0.25) is 0 Å². The first-order chi connectivity index (χ1) is 5.52. The SMILES string of the molecule is Oc1c(F)cc(C(F)F)nc1F. The molecule has 0 aliphatic carbocycles. The molecule has 6 heteroatoms. The molecule has 2 nitrogen and oxygen atoms in total. The van der Waals surface area contributed by atoms with Crippen LogP contribution in [-0.4, -0.2) is 10.1 Å². The first-order valence-corrected chi connectivity index (χ1v) is 2.85. The summed E-state index contributed by atoms with van der Waals surface area (Å²) >= 11 is 0. The molecule has 0 aliphatic heterocycles. The third kappa shape index (κ3) is 1.46. The number of rotatable bonds is 1. The zero-order valence-corrected chi connectivity index (χ0v) is 5.56. The number of aromatic nitrogens is 1. The fourth-order valence-corrected chi connectivity index (χ4v) is 0.607. The Labute approximate surface area is 64.5 Å². The molecular weight excluding hydrogens is 178 g/mol. The molecule has 1 aromatic heterocycles. The van der Waals surface area contributed by atoms with Crippen molar-refractivity contribution in [3.8, 4) is 5.75 Å². The molecule has 1 rings (SSSR count). The number of hydrogen-bond donors (Lipinski definition) is 1. The summed E-state index contributed by atoms with van der Waals surface area (Å²) in [5.74, 6) is -4.43. The Morgan fingerprint density at radius 1 is 1.33 bits per heavy atom. The summed E-state index contributed by atoms with van der Waals surface area (Å²) in [6, 6.07) is 0.281. The second-order valence-corrected chi connectivity index (χ2v) is 1.97. The summed E-state index contributed by atoms with van der Waals surface area (Å²) in [4.78, 5) is 2.63. The minimum atomic E-state index is -3.06. The van der Waals surface area contributed by atoms with Crippen LogP contribution in [0.3, 0.4) is 0 Å². The molecule has 0 fully saturated rings. The van der Waals surface area contributed by atoms with E-state index in [1.165, 1.54) is 0 Å². The summed E-state index contributed by atoms with van der Waals surface area (Å²) in [7, 11) is 0. The molecule has 0 atom stereocenters. The largest absolute Gasteiger partial charge is 0.502 e. The van der Waals surface area contributed by atoms with Crippen molar-refractivity contribution in [3.05, 3.63) is 23.5 Å². The molecule has 0 aromatic carbocycles. The number of alkyl halides is 2. The van der Waals surface area contributed by atoms with E-state index >= 15 is 0 Å². The minimum absolute atomic E-state index is 0.281. The van der Waals surface area contributed by atoms with E-state index in [0.717, 1.165) is 0 Å². The van der Waals surface area contributed by atoms with Gasteiger partial charge in [-0.1, -0.05) is 0 Å². The lowest BCUT2D eigenvalue weighted by atomic mass is 10.3. The Balaban J connectivity index is 3.21. The van der Waals surface area contributed by atoms with Gasteiger partial charge in [0.1, 0.15) is 5.69 Å². The van der Waals surface area contributed by atoms with Gasteiger partial charge in [-0.2, -0.15) is 4.39 Å². The van der Waals surface area contributed by atoms with Crippen LogP contribution in [0.25, 0.3) is 0 Å². The van der Waals surface area contributed by atoms with Gasteiger partial charge in [-0.25, -0.2) is 18.2 Å². The normalized spacial score (nSPS) is 10.8. The molecule has 1 aromatic rings. The number of aromatic hydroxyl groups is 1. The average molecular weight is 181 g/mol. The number of pyridine rings is 1. The molecule has 66 valence electrons. The van der Waals surface area contributed by atoms with Crippen LogP contribution in [0, 0.1) is 11.8 Å². The first kappa shape index (κ1) is 8.76. The minimum Gasteiger partial charge on any atom is -0.502 e. The molecule has 0 bridgehead atoms. The quantitative estimate of drug-likeness (QED) is 0.531. The van der Waals surface area contributed by atoms with Crippen molar-refractivity contribution in [1.82, 2.24) is 4.98 Å². The lowest BCUT2D eigenvalue weighted by molar-refractivity contribution is 0.143. The average Bonchev–Trinajstić information content (AvgIpc) is 1.99. The highest BCUT2D eigenvalue weighted by Crippen LogP contribution is 2.23. The molecule has 0 unspecified atom stereocenters. The Morgan fingerprint density at radius 2 is 1.92 bits per heavy atom. The molecule has 0 amide bonds. The van der Waals surface area contributed by atoms with Crippen molar-refractivity contribution >= 4 is 0 Å². The van der Waals surface area contributed by atoms with E-state index in [1.807, 2.05) is 0 Å². The highest BCUT2D eigenvalue weighted by Gasteiger charge is 2.16. The molecule has 0 spiro atoms. The first-order valence-electron chi connectivity index (χ1n) is 2.85. The van der Waals surface area contributed by atoms with Crippen molar-refractivity contribution in [2.45, 2.75) is 6.43 Å². The zero-order chi connectivity index (χ0) is 9.30. The van der Waals surface area contributed by atoms with Gasteiger partial charge in [0.05, 0.1) is 0 Å². The topological polar surface area (TPSA) is 33.1 Å². The number of halogens is 4. The fourth-order valence-electron chi connectivity index (χ4n) is 0.607. The van der Waals surface area contributed by atoms with E-state index in [4.69, 9.17) is 5.11 Å². The van der Waals surface area contributed by atoms with Gasteiger partial charge in [0.2, 0.25) is 5.75 Å². The third-order valence-electron chi connectivity index (χ3n) is 1.15. The molecule has 1 heterocycles. The zero-order valence-electron chi connectivity index (χ0n) is 5.56. The van der Waals surface area contributed by atoms with Gasteiger partial charge >= 0.3 is 0 Å². The molecule has 0 saturated heterocycles. The van der Waals surface area contributed by atoms with Crippen molar-refractivity contribution in [1.29, 1.82) is 0 Å². The van der Waals surface area contributed by atoms with Crippen LogP contribution in [0.4, 0.5) is 17.6 Å². The van der Waals surface area contributed by atoms with E-state index < -0.39 is 29.6 Å². The van der Waals surface area contributed by atoms with Crippen LogP contribution in [0.15, 0.2) is 6.07 Å². The highest BCUT2D eigenvalue weighted by atomic mass is 19.3. The highest BCUT2D eigenvalue weighted by molar-refractivity contribution is 5.22. The van der Waals surface area contributed by atoms with E-state index in [0.29, 0.717) is 0 Å². The standard InChI is InChI=1S/C6H3F4NO/c7-2-1-3(5(8)9)11-6(10)4(2)12/h1,5,12H. The molecule has 0 radical (unpaired) electrons. The maximum atomic E-state index is 12.3. The Kier molecular flexibility index (Phi) is 2.16. The Bertz CT molecular complexity index is 279. The van der Waals surface area contributed by atoms with Crippen LogP contribution in [0.1, 0.15) is 12.1 Å². The van der Waals surface area contributed by atoms with Gasteiger partial charge in [-0.3, -0.25) is 0 Å². The fraction of sp³-hybridized carbons (Fsp3) is 0.167. The van der Waals surface area contributed by atoms with Crippen LogP contribution in [0.5, 0.6) is 5.75 Å². The van der Waals surface area contributed by atoms with Gasteiger partial charge in [-0.05, 0) is 0 Å². The summed E-state index contributed by atoms with van der Waals surface area (Å²) in [6.45, 7) is 0. The van der Waals surface area contributed by atoms with E-state index in [9.17, 15) is 17.6 Å². The van der Waals surface area contributed by atoms with Gasteiger partial charge in [-0.15, -0.1) is 0 Å². The summed E-state index contributed by atoms with van der Waals surface area (Å²) in [6.07, 6.45) is -3.06. The van der Waals surface area contributed by atoms with Crippen molar-refractivity contribution < 1.29 is 22.7 Å². The second-order valence-electron chi connectivity index (χ2n) is 1.97. The van der Waals surface area contributed by atoms with E-state index in [2.05, 4.69) is 4.98 Å². The summed E-state index contributed by atoms with van der Waals surface area (Å²) in [5, 5.41) is 8.46. The molecule has 1 N–H and O–H groups in total. The number of nitrogens with zero attached hydrogens (tertiary/aromatic N) is 1. The van der Waals surface area contributed by atoms with Gasteiger partial charge in [0.15, 0.2) is 5.82 Å². The molecule has 0 saturated carbocycles. The lowest BCUT2D eigenvalue weighted by Crippen LogP contribution is -1.96. The van der Waals surface area contributed by atoms with Gasteiger partial charge in [0.25, 0.3) is 12.4 Å². The van der Waals surface area contributed by atoms with E-state index in [1.54, 1.807) is 0 Å². The van der Waals surface area contributed by atoms with Crippen LogP contribution < -0.4 is 0 Å². The van der Waals surface area contributed by atoms with Crippen molar-refractivity contribution in [2.24, 2.45) is 0 Å². The summed E-state index contributed by atoms with van der Waals surface area (Å²) < 4.78 is 48.2. The van der Waals surface area contributed by atoms with Crippen LogP contribution in [-0.2, 0) is 0 Å². The monoisotopic (exact) mass is 181 g/mol. The Hall–Kier alpha value is -1.33. The molecular formula is C6H3F4NO. The lowest BCUT2D eigenvalue weighted by Gasteiger charge is -2.00. The second kappa shape index (κ2) is 2.96. The third-order valence-corrected chi connectivity index (χ3v) is 1.15. The van der Waals surface area contributed by atoms with Gasteiger partial charge in [0, 0.05) is 6.07 Å². The van der Waals surface area contributed by atoms with Crippen molar-refractivity contribution in [3.63, 3.8) is 0 Å². The maximum Gasteiger partial charge on any atom is 0.280 e. The van der Waals surface area contributed by atoms with E-state index in [-0.39, 0.29) is 6.07 Å². The number of hydrogen-bond acceptors (Lipinski definition) is 2. The maximum absolute atomic E-state index is 12.3. The van der Waals surface area contributed by atoms with Crippen molar-refractivity contribution in [2.75, 3.05) is 0 Å². The predicted molar refractivity (Wildman–Crippen MR) is 30.8 cm³/mol. The summed E-state index contributed by atoms with van der Waals surface area (Å²) in [5.41, 5.74) is -1.04. The Morgan fingerprint density at radius 3 is 2.33 bits per heavy atom. The van der Waals surface area contributed by atoms with Gasteiger partial charge < -0.3 is 5.11 Å². The molecule has 12 heavy (non-hydrogen) atoms. The smallest absolute Gasteiger partial charge is 0.280 e. The predicted octanol–water partition coefficient (Wildman–Crippen LogP) is 2.00. The van der Waals surface area contributed by atoms with Crippen LogP contribution >= 0.6 is 0 Å². The molecule has 0 aliphatic rings.